The van der Waals surface area contributed by atoms with E-state index in [1.165, 1.54) is 85.7 Å². The molecule has 0 aliphatic heterocycles. The molecule has 6 aromatic rings. The topological polar surface area (TPSA) is 38.9 Å². The normalized spacial score (nSPS) is 21.9. The number of thiophene rings is 1. The third kappa shape index (κ3) is 6.10. The van der Waals surface area contributed by atoms with Gasteiger partial charge in [-0.3, -0.25) is 9.98 Å². The molecular weight excluding hydrogens is 715 g/mol. The van der Waals surface area contributed by atoms with Crippen LogP contribution in [0.4, 0.5) is 5.69 Å². The Morgan fingerprint density at radius 1 is 0.965 bits per heavy atom. The van der Waals surface area contributed by atoms with Crippen LogP contribution in [-0.2, 0) is 11.8 Å². The first-order valence-electron chi connectivity index (χ1n) is 20.7. The number of allylic oxidation sites excluding steroid dienone is 8. The van der Waals surface area contributed by atoms with E-state index in [1.807, 2.05) is 0 Å². The maximum atomic E-state index is 6.09. The molecule has 0 N–H and O–H groups in total. The largest absolute Gasteiger partial charge is 0.496 e. The Morgan fingerprint density at radius 3 is 2.67 bits per heavy atom. The lowest BCUT2D eigenvalue weighted by atomic mass is 9.75. The van der Waals surface area contributed by atoms with Gasteiger partial charge < -0.3 is 9.30 Å². The van der Waals surface area contributed by atoms with Crippen LogP contribution in [0.1, 0.15) is 79.9 Å². The Morgan fingerprint density at radius 2 is 1.82 bits per heavy atom. The van der Waals surface area contributed by atoms with Crippen molar-refractivity contribution in [1.82, 2.24) is 4.57 Å². The van der Waals surface area contributed by atoms with Crippen molar-refractivity contribution >= 4 is 61.3 Å². The van der Waals surface area contributed by atoms with Gasteiger partial charge in [-0.05, 0) is 128 Å². The van der Waals surface area contributed by atoms with Gasteiger partial charge >= 0.3 is 0 Å². The van der Waals surface area contributed by atoms with Crippen LogP contribution in [0.3, 0.4) is 0 Å². The van der Waals surface area contributed by atoms with Crippen LogP contribution in [0.2, 0.25) is 0 Å². The summed E-state index contributed by atoms with van der Waals surface area (Å²) in [6, 6.07) is 29.0. The molecule has 4 aliphatic carbocycles. The molecule has 0 radical (unpaired) electrons. The Labute approximate surface area is 340 Å². The first kappa shape index (κ1) is 35.9. The molecule has 4 aromatic carbocycles. The summed E-state index contributed by atoms with van der Waals surface area (Å²) in [5.41, 5.74) is 13.7. The molecule has 284 valence electrons. The maximum absolute atomic E-state index is 6.09. The van der Waals surface area contributed by atoms with Gasteiger partial charge in [0.15, 0.2) is 0 Å². The van der Waals surface area contributed by atoms with E-state index < -0.39 is 0 Å². The summed E-state index contributed by atoms with van der Waals surface area (Å²) in [4.78, 5) is 11.2. The summed E-state index contributed by atoms with van der Waals surface area (Å²) in [6.07, 6.45) is 24.1. The predicted octanol–water partition coefficient (Wildman–Crippen LogP) is 13.6. The second-order valence-corrected chi connectivity index (χ2v) is 17.7. The van der Waals surface area contributed by atoms with Gasteiger partial charge in [0.2, 0.25) is 0 Å². The number of rotatable bonds is 8. The SMILES string of the molecule is C=Nc1c(C(=NCC2=CCC(C)(c3cc(-n4c5ccccc5c5c6c(ccc54)CCCC6C)ccc3OC)C=C2)C2=CC=C3C=CCCC3C2)sc2ccccc12. The van der Waals surface area contributed by atoms with Crippen LogP contribution >= 0.6 is 11.3 Å². The molecule has 0 fully saturated rings. The van der Waals surface area contributed by atoms with E-state index in [-0.39, 0.29) is 5.41 Å². The average Bonchev–Trinajstić information content (AvgIpc) is 3.80. The van der Waals surface area contributed by atoms with Crippen molar-refractivity contribution in [3.8, 4) is 11.4 Å². The number of fused-ring (bicyclic) bond motifs is 7. The lowest BCUT2D eigenvalue weighted by Crippen LogP contribution is -2.22. The van der Waals surface area contributed by atoms with Crippen LogP contribution in [0.15, 0.2) is 148 Å². The summed E-state index contributed by atoms with van der Waals surface area (Å²) in [7, 11) is 1.79. The Bertz CT molecular complexity index is 2800. The zero-order chi connectivity index (χ0) is 38.7. The van der Waals surface area contributed by atoms with Crippen molar-refractivity contribution in [2.24, 2.45) is 15.9 Å². The molecule has 0 bridgehead atoms. The fraction of sp³-hybridized carbons (Fsp3) is 0.269. The molecule has 2 heterocycles. The minimum absolute atomic E-state index is 0.253. The van der Waals surface area contributed by atoms with Crippen molar-refractivity contribution in [1.29, 1.82) is 0 Å². The molecule has 57 heavy (non-hydrogen) atoms. The van der Waals surface area contributed by atoms with Crippen LogP contribution in [0, 0.1) is 5.92 Å². The van der Waals surface area contributed by atoms with Crippen LogP contribution in [0.25, 0.3) is 37.6 Å². The molecule has 4 aliphatic rings. The highest BCUT2D eigenvalue weighted by atomic mass is 32.1. The van der Waals surface area contributed by atoms with E-state index in [0.29, 0.717) is 18.4 Å². The molecule has 4 nitrogen and oxygen atoms in total. The lowest BCUT2D eigenvalue weighted by molar-refractivity contribution is 0.398. The van der Waals surface area contributed by atoms with Gasteiger partial charge in [-0.25, -0.2) is 0 Å². The number of hydrogen-bond donors (Lipinski definition) is 0. The van der Waals surface area contributed by atoms with E-state index in [2.05, 4.69) is 152 Å². The number of nitrogens with zero attached hydrogens (tertiary/aromatic N) is 3. The third-order valence-electron chi connectivity index (χ3n) is 13.1. The minimum Gasteiger partial charge on any atom is -0.496 e. The first-order valence-corrected chi connectivity index (χ1v) is 21.5. The number of ether oxygens (including phenoxy) is 1. The fourth-order valence-electron chi connectivity index (χ4n) is 10.1. The highest BCUT2D eigenvalue weighted by Crippen LogP contribution is 2.46. The number of methoxy groups -OCH3 is 1. The van der Waals surface area contributed by atoms with Crippen molar-refractivity contribution in [3.63, 3.8) is 0 Å². The van der Waals surface area contributed by atoms with Gasteiger partial charge in [-0.1, -0.05) is 98.8 Å². The zero-order valence-electron chi connectivity index (χ0n) is 33.2. The van der Waals surface area contributed by atoms with Gasteiger partial charge in [0.1, 0.15) is 5.75 Å². The van der Waals surface area contributed by atoms with Crippen molar-refractivity contribution in [2.75, 3.05) is 13.7 Å². The number of hydrogen-bond acceptors (Lipinski definition) is 4. The predicted molar refractivity (Wildman–Crippen MR) is 243 cm³/mol. The maximum Gasteiger partial charge on any atom is 0.123 e. The molecular formula is C52H49N3OS. The van der Waals surface area contributed by atoms with E-state index in [1.54, 1.807) is 24.0 Å². The zero-order valence-corrected chi connectivity index (χ0v) is 34.0. The van der Waals surface area contributed by atoms with E-state index in [0.717, 1.165) is 46.7 Å². The third-order valence-corrected chi connectivity index (χ3v) is 14.3. The summed E-state index contributed by atoms with van der Waals surface area (Å²) in [5, 5.41) is 3.91. The van der Waals surface area contributed by atoms with Crippen molar-refractivity contribution < 1.29 is 4.74 Å². The molecule has 3 atom stereocenters. The second-order valence-electron chi connectivity index (χ2n) is 16.6. The van der Waals surface area contributed by atoms with Gasteiger partial charge in [0.25, 0.3) is 0 Å². The monoisotopic (exact) mass is 763 g/mol. The summed E-state index contributed by atoms with van der Waals surface area (Å²) in [5.74, 6) is 2.00. The molecule has 2 aromatic heterocycles. The highest BCUT2D eigenvalue weighted by molar-refractivity contribution is 7.21. The minimum atomic E-state index is -0.253. The van der Waals surface area contributed by atoms with E-state index >= 15 is 0 Å². The Balaban J connectivity index is 1.01. The fourth-order valence-corrected chi connectivity index (χ4v) is 11.3. The van der Waals surface area contributed by atoms with Crippen LogP contribution < -0.4 is 4.74 Å². The Kier molecular flexibility index (Phi) is 9.09. The van der Waals surface area contributed by atoms with Crippen LogP contribution in [-0.4, -0.2) is 30.7 Å². The molecule has 5 heteroatoms. The van der Waals surface area contributed by atoms with Crippen molar-refractivity contribution in [3.05, 3.63) is 160 Å². The van der Waals surface area contributed by atoms with Crippen molar-refractivity contribution in [2.45, 2.75) is 70.1 Å². The molecule has 0 saturated heterocycles. The standard InChI is InChI=1S/C52H49N3OS/c1-33-12-11-15-36-22-24-44-48(47(33)36)40-16-7-9-18-43(40)55(44)39-23-25-45(56-4)42(31-39)52(2)28-26-34(27-29-52)32-54-49(38-21-20-35-13-5-6-14-37(35)30-38)51-50(53-3)41-17-8-10-19-46(41)57-51/h5,7-10,13,16-28,31,33,37H,3,6,11-12,14-15,29-30,32H2,1-2,4H3. The smallest absolute Gasteiger partial charge is 0.123 e. The number of aliphatic imine (C=N–C) groups is 2. The van der Waals surface area contributed by atoms with Gasteiger partial charge in [0.05, 0.1) is 41.0 Å². The Hall–Kier alpha value is -5.52. The van der Waals surface area contributed by atoms with E-state index in [4.69, 9.17) is 9.73 Å². The van der Waals surface area contributed by atoms with E-state index in [9.17, 15) is 0 Å². The number of para-hydroxylation sites is 1. The van der Waals surface area contributed by atoms with Crippen LogP contribution in [0.5, 0.6) is 5.75 Å². The molecule has 0 amide bonds. The molecule has 0 spiro atoms. The summed E-state index contributed by atoms with van der Waals surface area (Å²) in [6.45, 7) is 9.37. The molecule has 10 rings (SSSR count). The quantitative estimate of drug-likeness (QED) is 0.142. The average molecular weight is 764 g/mol. The first-order chi connectivity index (χ1) is 27.9. The summed E-state index contributed by atoms with van der Waals surface area (Å²) < 4.78 is 9.79. The van der Waals surface area contributed by atoms with Gasteiger partial charge in [-0.2, -0.15) is 0 Å². The second kappa shape index (κ2) is 14.5. The number of benzene rings is 4. The lowest BCUT2D eigenvalue weighted by Gasteiger charge is -2.31. The highest BCUT2D eigenvalue weighted by Gasteiger charge is 2.31. The number of aromatic nitrogens is 1. The summed E-state index contributed by atoms with van der Waals surface area (Å²) >= 11 is 1.78. The number of aryl methyl sites for hydroxylation is 1. The van der Waals surface area contributed by atoms with Gasteiger partial charge in [-0.15, -0.1) is 11.3 Å². The van der Waals surface area contributed by atoms with Gasteiger partial charge in [0, 0.05) is 37.5 Å². The molecule has 3 unspecified atom stereocenters. The molecule has 0 saturated carbocycles.